The molecule has 1 aliphatic rings. The highest BCUT2D eigenvalue weighted by molar-refractivity contribution is 14.1. The Bertz CT molecular complexity index is 715. The summed E-state index contributed by atoms with van der Waals surface area (Å²) >= 11 is 1.97. The number of fused-ring (bicyclic) bond motifs is 1. The van der Waals surface area contributed by atoms with E-state index in [9.17, 15) is 10.2 Å². The van der Waals surface area contributed by atoms with Gasteiger partial charge in [0.2, 0.25) is 0 Å². The van der Waals surface area contributed by atoms with Crippen molar-refractivity contribution in [1.82, 2.24) is 19.7 Å². The molecule has 106 valence electrons. The van der Waals surface area contributed by atoms with Crippen LogP contribution >= 0.6 is 22.6 Å². The fourth-order valence-corrected chi connectivity index (χ4v) is 3.09. The van der Waals surface area contributed by atoms with E-state index in [2.05, 4.69) is 15.1 Å². The van der Waals surface area contributed by atoms with Gasteiger partial charge in [-0.05, 0) is 28.2 Å². The lowest BCUT2D eigenvalue weighted by atomic mass is 10.1. The number of halogens is 1. The molecule has 2 heterocycles. The largest absolute Gasteiger partial charge is 0.392 e. The van der Waals surface area contributed by atoms with E-state index in [0.29, 0.717) is 20.3 Å². The molecule has 20 heavy (non-hydrogen) atoms. The molecule has 0 radical (unpaired) electrons. The van der Waals surface area contributed by atoms with Crippen LogP contribution in [-0.4, -0.2) is 47.8 Å². The molecule has 0 fully saturated rings. The minimum Gasteiger partial charge on any atom is -0.392 e. The van der Waals surface area contributed by atoms with Crippen LogP contribution in [0.15, 0.2) is 18.0 Å². The van der Waals surface area contributed by atoms with Gasteiger partial charge in [-0.15, -0.1) is 0 Å². The number of aromatic nitrogens is 4. The van der Waals surface area contributed by atoms with Crippen LogP contribution in [0, 0.1) is 3.70 Å². The lowest BCUT2D eigenvalue weighted by Crippen LogP contribution is -2.43. The number of nitrogens with two attached hydrogens (primary N) is 1. The molecular formula is C11H12IN5O3. The Balaban J connectivity index is 2.19. The van der Waals surface area contributed by atoms with Gasteiger partial charge >= 0.3 is 0 Å². The Morgan fingerprint density at radius 2 is 2.25 bits per heavy atom. The second-order valence-electron chi connectivity index (χ2n) is 4.58. The smallest absolute Gasteiger partial charge is 0.193 e. The topological polar surface area (TPSA) is 130 Å². The van der Waals surface area contributed by atoms with Gasteiger partial charge in [0.15, 0.2) is 11.4 Å². The molecule has 0 aliphatic heterocycles. The van der Waals surface area contributed by atoms with Crippen LogP contribution in [0.4, 0.5) is 5.82 Å². The van der Waals surface area contributed by atoms with Crippen molar-refractivity contribution in [1.29, 1.82) is 0 Å². The molecule has 8 nitrogen and oxygen atoms in total. The first-order valence-electron chi connectivity index (χ1n) is 5.84. The Hall–Kier alpha value is -1.30. The molecule has 9 heteroatoms. The van der Waals surface area contributed by atoms with Crippen LogP contribution in [-0.2, 0) is 5.72 Å². The maximum atomic E-state index is 10.7. The van der Waals surface area contributed by atoms with Crippen LogP contribution in [0.25, 0.3) is 11.0 Å². The van der Waals surface area contributed by atoms with Crippen LogP contribution < -0.4 is 5.73 Å². The molecule has 2 aromatic heterocycles. The molecule has 0 amide bonds. The van der Waals surface area contributed by atoms with E-state index in [-0.39, 0.29) is 18.8 Å². The molecule has 0 aromatic carbocycles. The molecule has 3 rings (SSSR count). The molecule has 0 bridgehead atoms. The second kappa shape index (κ2) is 4.62. The van der Waals surface area contributed by atoms with Crippen molar-refractivity contribution in [2.75, 3.05) is 12.3 Å². The highest BCUT2D eigenvalue weighted by atomic mass is 127. The zero-order valence-electron chi connectivity index (χ0n) is 10.2. The number of rotatable bonds is 2. The van der Waals surface area contributed by atoms with E-state index >= 15 is 0 Å². The third kappa shape index (κ3) is 1.74. The van der Waals surface area contributed by atoms with Gasteiger partial charge in [0.05, 0.1) is 12.0 Å². The van der Waals surface area contributed by atoms with E-state index in [1.165, 1.54) is 11.0 Å². The molecule has 0 spiro atoms. The average molecular weight is 389 g/mol. The number of hydrogen-bond donors (Lipinski definition) is 4. The molecule has 1 aliphatic carbocycles. The van der Waals surface area contributed by atoms with Crippen molar-refractivity contribution in [2.45, 2.75) is 18.2 Å². The van der Waals surface area contributed by atoms with Gasteiger partial charge in [0, 0.05) is 6.42 Å². The number of hydrogen-bond acceptors (Lipinski definition) is 7. The fraction of sp³-hybridized carbons (Fsp3) is 0.364. The van der Waals surface area contributed by atoms with Crippen LogP contribution in [0.2, 0.25) is 0 Å². The third-order valence-corrected chi connectivity index (χ3v) is 4.21. The van der Waals surface area contributed by atoms with Gasteiger partial charge < -0.3 is 21.1 Å². The number of nitrogens with zero attached hydrogens (tertiary/aromatic N) is 4. The van der Waals surface area contributed by atoms with E-state index in [4.69, 9.17) is 10.8 Å². The van der Waals surface area contributed by atoms with Gasteiger partial charge in [-0.1, -0.05) is 6.08 Å². The van der Waals surface area contributed by atoms with E-state index in [0.717, 1.165) is 0 Å². The zero-order valence-corrected chi connectivity index (χ0v) is 12.4. The van der Waals surface area contributed by atoms with Crippen molar-refractivity contribution >= 4 is 39.4 Å². The normalized spacial score (nSPS) is 26.2. The standard InChI is InChI=1S/C11H12IN5O3/c12-8-6-9(13)14-4-15-10(6)17(16-8)11(20)2-1-5(3-18)7(11)19/h1,4,7,18-20H,2-3H2,(H2,13,14,15). The molecule has 2 aromatic rings. The molecule has 0 saturated carbocycles. The van der Waals surface area contributed by atoms with Gasteiger partial charge in [-0.25, -0.2) is 14.6 Å². The summed E-state index contributed by atoms with van der Waals surface area (Å²) in [5.41, 5.74) is 4.81. The zero-order chi connectivity index (χ0) is 14.5. The van der Waals surface area contributed by atoms with E-state index in [1.807, 2.05) is 22.6 Å². The SMILES string of the molecule is Nc1ncnc2c1c(I)nn2C1(O)CC=C(CO)C1O. The Morgan fingerprint density at radius 1 is 1.50 bits per heavy atom. The van der Waals surface area contributed by atoms with E-state index < -0.39 is 11.8 Å². The van der Waals surface area contributed by atoms with Gasteiger partial charge in [0.1, 0.15) is 21.9 Å². The Labute approximate surface area is 127 Å². The maximum absolute atomic E-state index is 10.7. The highest BCUT2D eigenvalue weighted by Gasteiger charge is 2.45. The Morgan fingerprint density at radius 3 is 2.90 bits per heavy atom. The van der Waals surface area contributed by atoms with Crippen LogP contribution in [0.3, 0.4) is 0 Å². The summed E-state index contributed by atoms with van der Waals surface area (Å²) in [4.78, 5) is 7.98. The lowest BCUT2D eigenvalue weighted by molar-refractivity contribution is -0.115. The minimum atomic E-state index is -1.68. The molecular weight excluding hydrogens is 377 g/mol. The molecule has 0 saturated heterocycles. The summed E-state index contributed by atoms with van der Waals surface area (Å²) < 4.78 is 1.78. The first kappa shape index (κ1) is 13.7. The summed E-state index contributed by atoms with van der Waals surface area (Å²) in [5.74, 6) is 0.261. The number of aliphatic hydroxyl groups excluding tert-OH is 2. The first-order chi connectivity index (χ1) is 9.49. The fourth-order valence-electron chi connectivity index (χ4n) is 2.36. The van der Waals surface area contributed by atoms with Crippen molar-refractivity contribution in [3.63, 3.8) is 0 Å². The first-order valence-corrected chi connectivity index (χ1v) is 6.92. The maximum Gasteiger partial charge on any atom is 0.193 e. The van der Waals surface area contributed by atoms with Gasteiger partial charge in [0.25, 0.3) is 0 Å². The minimum absolute atomic E-state index is 0.126. The highest BCUT2D eigenvalue weighted by Crippen LogP contribution is 2.36. The molecule has 5 N–H and O–H groups in total. The summed E-state index contributed by atoms with van der Waals surface area (Å²) in [6.45, 7) is -0.323. The van der Waals surface area contributed by atoms with Crippen molar-refractivity contribution in [2.24, 2.45) is 0 Å². The summed E-state index contributed by atoms with van der Waals surface area (Å²) in [5, 5.41) is 34.8. The molecule has 2 atom stereocenters. The lowest BCUT2D eigenvalue weighted by Gasteiger charge is -2.28. The number of anilines is 1. The summed E-state index contributed by atoms with van der Waals surface area (Å²) in [6.07, 6.45) is 1.75. The Kier molecular flexibility index (Phi) is 3.16. The van der Waals surface area contributed by atoms with Crippen molar-refractivity contribution in [3.05, 3.63) is 21.7 Å². The molecule has 2 unspecified atom stereocenters. The average Bonchev–Trinajstić information content (AvgIpc) is 2.91. The van der Waals surface area contributed by atoms with Crippen molar-refractivity contribution in [3.8, 4) is 0 Å². The van der Waals surface area contributed by atoms with Gasteiger partial charge in [-0.3, -0.25) is 0 Å². The number of aliphatic hydroxyl groups is 3. The van der Waals surface area contributed by atoms with Gasteiger partial charge in [-0.2, -0.15) is 5.10 Å². The predicted octanol–water partition coefficient (Wildman–Crippen LogP) is -0.659. The quantitative estimate of drug-likeness (QED) is 0.396. The van der Waals surface area contributed by atoms with Crippen LogP contribution in [0.1, 0.15) is 6.42 Å². The number of nitrogen functional groups attached to an aromatic ring is 1. The monoisotopic (exact) mass is 389 g/mol. The predicted molar refractivity (Wildman–Crippen MR) is 78.4 cm³/mol. The second-order valence-corrected chi connectivity index (χ2v) is 5.60. The van der Waals surface area contributed by atoms with E-state index in [1.54, 1.807) is 6.08 Å². The van der Waals surface area contributed by atoms with Crippen LogP contribution in [0.5, 0.6) is 0 Å². The summed E-state index contributed by atoms with van der Waals surface area (Å²) in [7, 11) is 0. The third-order valence-electron chi connectivity index (χ3n) is 3.45. The summed E-state index contributed by atoms with van der Waals surface area (Å²) in [6, 6.07) is 0. The van der Waals surface area contributed by atoms with Crippen molar-refractivity contribution < 1.29 is 15.3 Å².